The first-order valence-corrected chi connectivity index (χ1v) is 5.78. The number of hydrogen-bond acceptors (Lipinski definition) is 3. The van der Waals surface area contributed by atoms with Crippen molar-refractivity contribution >= 4 is 11.8 Å². The molecule has 96 valence electrons. The zero-order chi connectivity index (χ0) is 13.1. The third kappa shape index (κ3) is 2.66. The number of nitrogens with one attached hydrogen (secondary N) is 1. The molecular formula is C12H20N2O3. The molecule has 1 rings (SSSR count). The maximum absolute atomic E-state index is 11.7. The lowest BCUT2D eigenvalue weighted by Crippen LogP contribution is -2.64. The fourth-order valence-corrected chi connectivity index (χ4v) is 2.62. The first kappa shape index (κ1) is 13.7. The SMILES string of the molecule is C=CC1CCC(CO)C(NC(C)=O)(C(N)=O)C1. The molecule has 0 spiro atoms. The van der Waals surface area contributed by atoms with Gasteiger partial charge < -0.3 is 16.2 Å². The number of aliphatic hydroxyl groups is 1. The van der Waals surface area contributed by atoms with E-state index in [4.69, 9.17) is 5.73 Å². The van der Waals surface area contributed by atoms with Crippen LogP contribution in [0.15, 0.2) is 12.7 Å². The summed E-state index contributed by atoms with van der Waals surface area (Å²) in [4.78, 5) is 23.0. The van der Waals surface area contributed by atoms with Crippen molar-refractivity contribution in [1.29, 1.82) is 0 Å². The third-order valence-corrected chi connectivity index (χ3v) is 3.56. The summed E-state index contributed by atoms with van der Waals surface area (Å²) in [6.07, 6.45) is 3.68. The molecule has 0 heterocycles. The first-order chi connectivity index (χ1) is 7.96. The molecule has 1 aliphatic rings. The number of amides is 2. The standard InChI is InChI=1S/C12H20N2O3/c1-3-9-4-5-10(7-15)12(6-9,11(13)17)14-8(2)16/h3,9-10,15H,1,4-7H2,2H3,(H2,13,17)(H,14,16). The lowest BCUT2D eigenvalue weighted by atomic mass is 9.68. The Kier molecular flexibility index (Phi) is 4.28. The van der Waals surface area contributed by atoms with Gasteiger partial charge in [0.1, 0.15) is 5.54 Å². The number of aliphatic hydroxyl groups excluding tert-OH is 1. The Balaban J connectivity index is 3.05. The van der Waals surface area contributed by atoms with E-state index < -0.39 is 11.4 Å². The van der Waals surface area contributed by atoms with E-state index in [1.807, 2.05) is 0 Å². The van der Waals surface area contributed by atoms with Crippen LogP contribution in [0.5, 0.6) is 0 Å². The molecule has 0 bridgehead atoms. The molecule has 0 saturated heterocycles. The molecule has 2 amide bonds. The van der Waals surface area contributed by atoms with E-state index in [0.29, 0.717) is 12.8 Å². The fraction of sp³-hybridized carbons (Fsp3) is 0.667. The van der Waals surface area contributed by atoms with E-state index >= 15 is 0 Å². The average Bonchev–Trinajstić information content (AvgIpc) is 2.27. The van der Waals surface area contributed by atoms with E-state index in [2.05, 4.69) is 11.9 Å². The van der Waals surface area contributed by atoms with Gasteiger partial charge in [0, 0.05) is 19.4 Å². The number of allylic oxidation sites excluding steroid dienone is 1. The van der Waals surface area contributed by atoms with Gasteiger partial charge in [-0.25, -0.2) is 0 Å². The highest BCUT2D eigenvalue weighted by atomic mass is 16.3. The van der Waals surface area contributed by atoms with Crippen LogP contribution in [-0.2, 0) is 9.59 Å². The Bertz CT molecular complexity index is 330. The smallest absolute Gasteiger partial charge is 0.243 e. The number of primary amides is 1. The van der Waals surface area contributed by atoms with Gasteiger partial charge >= 0.3 is 0 Å². The molecule has 5 nitrogen and oxygen atoms in total. The fourth-order valence-electron chi connectivity index (χ4n) is 2.62. The van der Waals surface area contributed by atoms with Crippen molar-refractivity contribution in [2.75, 3.05) is 6.61 Å². The van der Waals surface area contributed by atoms with Crippen LogP contribution in [0.1, 0.15) is 26.2 Å². The molecule has 3 unspecified atom stereocenters. The van der Waals surface area contributed by atoms with Gasteiger partial charge in [-0.2, -0.15) is 0 Å². The van der Waals surface area contributed by atoms with Gasteiger partial charge in [0.15, 0.2) is 0 Å². The molecule has 17 heavy (non-hydrogen) atoms. The Labute approximate surface area is 101 Å². The maximum atomic E-state index is 11.7. The van der Waals surface area contributed by atoms with Crippen molar-refractivity contribution in [3.63, 3.8) is 0 Å². The molecular weight excluding hydrogens is 220 g/mol. The van der Waals surface area contributed by atoms with Crippen LogP contribution < -0.4 is 11.1 Å². The van der Waals surface area contributed by atoms with Gasteiger partial charge in [-0.15, -0.1) is 6.58 Å². The topological polar surface area (TPSA) is 92.4 Å². The minimum Gasteiger partial charge on any atom is -0.396 e. The summed E-state index contributed by atoms with van der Waals surface area (Å²) in [5, 5.41) is 12.0. The molecule has 1 saturated carbocycles. The highest BCUT2D eigenvalue weighted by Gasteiger charge is 2.48. The molecule has 0 aromatic heterocycles. The number of nitrogens with two attached hydrogens (primary N) is 1. The van der Waals surface area contributed by atoms with Crippen molar-refractivity contribution in [2.24, 2.45) is 17.6 Å². The molecule has 4 N–H and O–H groups in total. The maximum Gasteiger partial charge on any atom is 0.243 e. The predicted molar refractivity (Wildman–Crippen MR) is 63.9 cm³/mol. The number of hydrogen-bond donors (Lipinski definition) is 3. The van der Waals surface area contributed by atoms with Crippen LogP contribution in [0.25, 0.3) is 0 Å². The number of carbonyl (C=O) groups excluding carboxylic acids is 2. The number of rotatable bonds is 4. The summed E-state index contributed by atoms with van der Waals surface area (Å²) in [6.45, 7) is 4.90. The highest BCUT2D eigenvalue weighted by Crippen LogP contribution is 2.37. The van der Waals surface area contributed by atoms with E-state index in [-0.39, 0.29) is 24.3 Å². The van der Waals surface area contributed by atoms with E-state index in [1.54, 1.807) is 6.08 Å². The second-order valence-electron chi connectivity index (χ2n) is 4.67. The summed E-state index contributed by atoms with van der Waals surface area (Å²) < 4.78 is 0. The second kappa shape index (κ2) is 5.31. The van der Waals surface area contributed by atoms with Gasteiger partial charge in [0.25, 0.3) is 0 Å². The van der Waals surface area contributed by atoms with Crippen LogP contribution in [0.4, 0.5) is 0 Å². The molecule has 1 fully saturated rings. The monoisotopic (exact) mass is 240 g/mol. The van der Waals surface area contributed by atoms with Gasteiger partial charge in [0.2, 0.25) is 11.8 Å². The molecule has 0 aromatic rings. The first-order valence-electron chi connectivity index (χ1n) is 5.78. The van der Waals surface area contributed by atoms with E-state index in [0.717, 1.165) is 6.42 Å². The highest BCUT2D eigenvalue weighted by molar-refractivity contribution is 5.90. The van der Waals surface area contributed by atoms with Crippen molar-refractivity contribution in [2.45, 2.75) is 31.7 Å². The molecule has 0 radical (unpaired) electrons. The van der Waals surface area contributed by atoms with Crippen molar-refractivity contribution in [1.82, 2.24) is 5.32 Å². The van der Waals surface area contributed by atoms with Crippen LogP contribution in [0, 0.1) is 11.8 Å². The molecule has 3 atom stereocenters. The number of carbonyl (C=O) groups is 2. The Morgan fingerprint density at radius 3 is 2.65 bits per heavy atom. The van der Waals surface area contributed by atoms with Crippen LogP contribution in [0.3, 0.4) is 0 Å². The van der Waals surface area contributed by atoms with Crippen molar-refractivity contribution in [3.8, 4) is 0 Å². The van der Waals surface area contributed by atoms with Crippen LogP contribution in [-0.4, -0.2) is 29.1 Å². The summed E-state index contributed by atoms with van der Waals surface area (Å²) in [5.74, 6) is -1.08. The van der Waals surface area contributed by atoms with Gasteiger partial charge in [0.05, 0.1) is 0 Å². The predicted octanol–water partition coefficient (Wildman–Crippen LogP) is -0.0588. The van der Waals surface area contributed by atoms with Gasteiger partial charge in [-0.1, -0.05) is 6.08 Å². The lowest BCUT2D eigenvalue weighted by Gasteiger charge is -2.43. The summed E-state index contributed by atoms with van der Waals surface area (Å²) in [7, 11) is 0. The Morgan fingerprint density at radius 2 is 2.24 bits per heavy atom. The molecule has 0 aliphatic heterocycles. The summed E-state index contributed by atoms with van der Waals surface area (Å²) in [5.41, 5.74) is 4.29. The Morgan fingerprint density at radius 1 is 1.59 bits per heavy atom. The zero-order valence-corrected chi connectivity index (χ0v) is 10.1. The van der Waals surface area contributed by atoms with Crippen molar-refractivity contribution < 1.29 is 14.7 Å². The van der Waals surface area contributed by atoms with Crippen LogP contribution >= 0.6 is 0 Å². The molecule has 5 heteroatoms. The largest absolute Gasteiger partial charge is 0.396 e. The second-order valence-corrected chi connectivity index (χ2v) is 4.67. The zero-order valence-electron chi connectivity index (χ0n) is 10.1. The Hall–Kier alpha value is -1.36. The lowest BCUT2D eigenvalue weighted by molar-refractivity contribution is -0.136. The summed E-state index contributed by atoms with van der Waals surface area (Å²) in [6, 6.07) is 0. The molecule has 0 aromatic carbocycles. The van der Waals surface area contributed by atoms with Crippen LogP contribution in [0.2, 0.25) is 0 Å². The van der Waals surface area contributed by atoms with Gasteiger partial charge in [-0.05, 0) is 25.2 Å². The van der Waals surface area contributed by atoms with Crippen molar-refractivity contribution in [3.05, 3.63) is 12.7 Å². The minimum absolute atomic E-state index is 0.136. The molecule has 1 aliphatic carbocycles. The minimum atomic E-state index is -1.14. The van der Waals surface area contributed by atoms with E-state index in [9.17, 15) is 14.7 Å². The summed E-state index contributed by atoms with van der Waals surface area (Å²) >= 11 is 0. The van der Waals surface area contributed by atoms with E-state index in [1.165, 1.54) is 6.92 Å². The average molecular weight is 240 g/mol. The quantitative estimate of drug-likeness (QED) is 0.601. The van der Waals surface area contributed by atoms with Gasteiger partial charge in [-0.3, -0.25) is 9.59 Å². The normalized spacial score (nSPS) is 32.8. The third-order valence-electron chi connectivity index (χ3n) is 3.56.